The van der Waals surface area contributed by atoms with Gasteiger partial charge in [-0.25, -0.2) is 0 Å². The van der Waals surface area contributed by atoms with Crippen LogP contribution in [0, 0.1) is 0 Å². The summed E-state index contributed by atoms with van der Waals surface area (Å²) in [6.07, 6.45) is 0. The summed E-state index contributed by atoms with van der Waals surface area (Å²) in [5.41, 5.74) is 5.30. The highest BCUT2D eigenvalue weighted by Gasteiger charge is 2.53. The van der Waals surface area contributed by atoms with Gasteiger partial charge in [-0.2, -0.15) is 0 Å². The summed E-state index contributed by atoms with van der Waals surface area (Å²) in [5.74, 6) is 0. The second-order valence-corrected chi connectivity index (χ2v) is 11.9. The molecule has 0 N–H and O–H groups in total. The van der Waals surface area contributed by atoms with Gasteiger partial charge < -0.3 is 14.2 Å². The van der Waals surface area contributed by atoms with Gasteiger partial charge in [-0.05, 0) is 62.4 Å². The van der Waals surface area contributed by atoms with Gasteiger partial charge >= 0.3 is 7.12 Å². The average molecular weight is 467 g/mol. The third-order valence-corrected chi connectivity index (χ3v) is 9.11. The summed E-state index contributed by atoms with van der Waals surface area (Å²) in [4.78, 5) is 2.43. The molecule has 3 heterocycles. The Balaban J connectivity index is 1.64. The first-order valence-corrected chi connectivity index (χ1v) is 12.8. The number of fused-ring (bicyclic) bond motifs is 3. The predicted octanol–water partition coefficient (Wildman–Crippen LogP) is 7.31. The van der Waals surface area contributed by atoms with E-state index >= 15 is 0 Å². The molecule has 0 atom stereocenters. The van der Waals surface area contributed by atoms with Crippen LogP contribution in [0.5, 0.6) is 0 Å². The zero-order valence-electron chi connectivity index (χ0n) is 20.7. The number of hydrogen-bond acceptors (Lipinski definition) is 4. The van der Waals surface area contributed by atoms with Crippen LogP contribution in [-0.4, -0.2) is 18.3 Å². The predicted molar refractivity (Wildman–Crippen MR) is 144 cm³/mol. The summed E-state index contributed by atoms with van der Waals surface area (Å²) in [5, 5.41) is 2.36. The maximum absolute atomic E-state index is 6.62. The van der Waals surface area contributed by atoms with E-state index in [-0.39, 0.29) is 5.41 Å². The fourth-order valence-corrected chi connectivity index (χ4v) is 6.54. The largest absolute Gasteiger partial charge is 0.498 e. The maximum atomic E-state index is 6.62. The minimum atomic E-state index is -0.439. The van der Waals surface area contributed by atoms with E-state index in [9.17, 15) is 0 Å². The number of thiophene rings is 1. The lowest BCUT2D eigenvalue weighted by Gasteiger charge is -2.41. The summed E-state index contributed by atoms with van der Waals surface area (Å²) in [6.45, 7) is 13.1. The number of nitrogens with zero attached hydrogens (tertiary/aromatic N) is 1. The van der Waals surface area contributed by atoms with E-state index in [0.29, 0.717) is 0 Å². The first-order valence-electron chi connectivity index (χ1n) is 12.0. The molecule has 5 heteroatoms. The van der Waals surface area contributed by atoms with Gasteiger partial charge in [0.25, 0.3) is 0 Å². The standard InChI is InChI=1S/C29H30BNO2S/c1-27(2)20-14-8-10-16-22(20)31(23-17-11-9-15-21(23)27)26-25(19-13-7-12-18-24(19)34-26)30-32-28(3,4)29(5,6)33-30/h7-18H,1-6H3. The van der Waals surface area contributed by atoms with Crippen LogP contribution in [0.25, 0.3) is 10.1 Å². The molecule has 1 aromatic heterocycles. The number of anilines is 3. The van der Waals surface area contributed by atoms with Crippen molar-refractivity contribution in [1.82, 2.24) is 0 Å². The molecule has 0 aliphatic carbocycles. The third-order valence-electron chi connectivity index (χ3n) is 7.94. The molecule has 0 spiro atoms. The lowest BCUT2D eigenvalue weighted by molar-refractivity contribution is 0.00578. The fraction of sp³-hybridized carbons (Fsp3) is 0.310. The molecule has 0 bridgehead atoms. The Morgan fingerprint density at radius 2 is 1.18 bits per heavy atom. The van der Waals surface area contributed by atoms with Crippen molar-refractivity contribution in [2.45, 2.75) is 58.2 Å². The van der Waals surface area contributed by atoms with E-state index in [1.165, 1.54) is 32.6 Å². The lowest BCUT2D eigenvalue weighted by Crippen LogP contribution is -2.41. The Morgan fingerprint density at radius 1 is 0.676 bits per heavy atom. The first-order chi connectivity index (χ1) is 16.1. The van der Waals surface area contributed by atoms with Gasteiger partial charge in [0, 0.05) is 15.6 Å². The zero-order valence-corrected chi connectivity index (χ0v) is 21.5. The SMILES string of the molecule is CC1(C)c2ccccc2N(c2sc3ccccc3c2B2OC(C)(C)C(C)(C)O2)c2ccccc21. The van der Waals surface area contributed by atoms with Crippen LogP contribution < -0.4 is 10.4 Å². The molecule has 2 aliphatic rings. The molecule has 34 heavy (non-hydrogen) atoms. The van der Waals surface area contributed by atoms with E-state index in [4.69, 9.17) is 9.31 Å². The highest BCUT2D eigenvalue weighted by molar-refractivity contribution is 7.25. The van der Waals surface area contributed by atoms with Gasteiger partial charge in [-0.3, -0.25) is 0 Å². The third kappa shape index (κ3) is 2.97. The minimum absolute atomic E-state index is 0.0924. The van der Waals surface area contributed by atoms with Crippen LogP contribution >= 0.6 is 11.3 Å². The summed E-state index contributed by atoms with van der Waals surface area (Å²) < 4.78 is 14.5. The van der Waals surface area contributed by atoms with Crippen LogP contribution in [0.2, 0.25) is 0 Å². The van der Waals surface area contributed by atoms with Crippen molar-refractivity contribution < 1.29 is 9.31 Å². The highest BCUT2D eigenvalue weighted by atomic mass is 32.1. The van der Waals surface area contributed by atoms with E-state index in [1.807, 2.05) is 11.3 Å². The quantitative estimate of drug-likeness (QED) is 0.289. The van der Waals surface area contributed by atoms with Crippen LogP contribution in [0.15, 0.2) is 72.8 Å². The molecule has 3 nitrogen and oxygen atoms in total. The van der Waals surface area contributed by atoms with Gasteiger partial charge in [-0.1, -0.05) is 68.4 Å². The average Bonchev–Trinajstić information content (AvgIpc) is 3.27. The molecule has 2 aliphatic heterocycles. The second-order valence-electron chi connectivity index (χ2n) is 10.9. The van der Waals surface area contributed by atoms with Crippen molar-refractivity contribution in [3.63, 3.8) is 0 Å². The van der Waals surface area contributed by atoms with Crippen molar-refractivity contribution in [3.8, 4) is 0 Å². The van der Waals surface area contributed by atoms with E-state index in [0.717, 1.165) is 10.5 Å². The molecule has 0 amide bonds. The zero-order chi connectivity index (χ0) is 23.9. The van der Waals surface area contributed by atoms with Gasteiger partial charge in [0.1, 0.15) is 5.00 Å². The molecular weight excluding hydrogens is 437 g/mol. The maximum Gasteiger partial charge on any atom is 0.498 e. The highest BCUT2D eigenvalue weighted by Crippen LogP contribution is 2.53. The normalized spacial score (nSPS) is 19.8. The molecule has 0 saturated carbocycles. The first kappa shape index (κ1) is 21.9. The Hall–Kier alpha value is -2.60. The summed E-state index contributed by atoms with van der Waals surface area (Å²) >= 11 is 1.81. The molecule has 172 valence electrons. The van der Waals surface area contributed by atoms with Crippen LogP contribution in [0.1, 0.15) is 52.7 Å². The topological polar surface area (TPSA) is 21.7 Å². The second kappa shape index (κ2) is 7.21. The van der Waals surface area contributed by atoms with Crippen LogP contribution in [0.3, 0.4) is 0 Å². The smallest absolute Gasteiger partial charge is 0.399 e. The fourth-order valence-electron chi connectivity index (χ4n) is 5.30. The van der Waals surface area contributed by atoms with Gasteiger partial charge in [0.15, 0.2) is 0 Å². The molecule has 3 aromatic carbocycles. The van der Waals surface area contributed by atoms with E-state index in [2.05, 4.69) is 119 Å². The number of benzene rings is 3. The number of para-hydroxylation sites is 2. The van der Waals surface area contributed by atoms with Gasteiger partial charge in [-0.15, -0.1) is 11.3 Å². The molecule has 1 saturated heterocycles. The van der Waals surface area contributed by atoms with Crippen molar-refractivity contribution in [1.29, 1.82) is 0 Å². The number of rotatable bonds is 2. The summed E-state index contributed by atoms with van der Waals surface area (Å²) in [7, 11) is -0.439. The number of hydrogen-bond donors (Lipinski definition) is 0. The molecule has 0 unspecified atom stereocenters. The minimum Gasteiger partial charge on any atom is -0.399 e. The van der Waals surface area contributed by atoms with Crippen molar-refractivity contribution in [3.05, 3.63) is 83.9 Å². The Morgan fingerprint density at radius 3 is 1.76 bits per heavy atom. The molecule has 4 aromatic rings. The molecule has 6 rings (SSSR count). The van der Waals surface area contributed by atoms with Gasteiger partial charge in [0.2, 0.25) is 0 Å². The van der Waals surface area contributed by atoms with Crippen molar-refractivity contribution in [2.24, 2.45) is 0 Å². The Labute approximate surface area is 206 Å². The van der Waals surface area contributed by atoms with Crippen molar-refractivity contribution >= 4 is 50.4 Å². The van der Waals surface area contributed by atoms with Gasteiger partial charge in [0.05, 0.1) is 22.6 Å². The van der Waals surface area contributed by atoms with E-state index in [1.54, 1.807) is 0 Å². The summed E-state index contributed by atoms with van der Waals surface area (Å²) in [6, 6.07) is 26.2. The molecule has 0 radical (unpaired) electrons. The van der Waals surface area contributed by atoms with E-state index < -0.39 is 18.3 Å². The Kier molecular flexibility index (Phi) is 4.64. The molecular formula is C29H30BNO2S. The Bertz CT molecular complexity index is 1360. The van der Waals surface area contributed by atoms with Crippen LogP contribution in [-0.2, 0) is 14.7 Å². The van der Waals surface area contributed by atoms with Crippen molar-refractivity contribution in [2.75, 3.05) is 4.90 Å². The van der Waals surface area contributed by atoms with Crippen LogP contribution in [0.4, 0.5) is 16.4 Å². The lowest BCUT2D eigenvalue weighted by atomic mass is 9.73. The monoisotopic (exact) mass is 467 g/mol. The molecule has 1 fully saturated rings.